The maximum atomic E-state index is 14.0. The average molecular weight is 647 g/mol. The molecule has 11 nitrogen and oxygen atoms in total. The lowest BCUT2D eigenvalue weighted by atomic mass is 9.99. The molecule has 230 valence electrons. The number of hydrogen-bond donors (Lipinski definition) is 3. The molecule has 0 bridgehead atoms. The number of hydrazone groups is 1. The van der Waals surface area contributed by atoms with E-state index in [4.69, 9.17) is 23.2 Å². The van der Waals surface area contributed by atoms with Crippen molar-refractivity contribution in [2.45, 2.75) is 25.6 Å². The Labute approximate surface area is 269 Å². The highest BCUT2D eigenvalue weighted by Crippen LogP contribution is 2.38. The third kappa shape index (κ3) is 6.91. The van der Waals surface area contributed by atoms with E-state index in [1.54, 1.807) is 74.8 Å². The normalized spacial score (nSPS) is 16.0. The number of urea groups is 2. The van der Waals surface area contributed by atoms with Crippen molar-refractivity contribution in [1.29, 1.82) is 0 Å². The standard InChI is InChI=1S/C32H29Cl2N7O4/c1-32(2)29(41(45)30(43)36-25-12-6-10-23(33)18-25)40(26-13-7-11-24(34)19-26)31(44)39(32)20-27(42)37-38-28(21-8-4-3-5-9-21)22-14-16-35-17-15-22/h3-19,29,45H,20H2,1-2H3,(H,36,43)(H,37,42)/b38-28-. The number of hydrogen-bond acceptors (Lipinski definition) is 6. The van der Waals surface area contributed by atoms with Crippen LogP contribution in [-0.2, 0) is 4.79 Å². The summed E-state index contributed by atoms with van der Waals surface area (Å²) in [5, 5.41) is 19.4. The van der Waals surface area contributed by atoms with Gasteiger partial charge >= 0.3 is 12.1 Å². The van der Waals surface area contributed by atoms with Crippen LogP contribution in [0.25, 0.3) is 0 Å². The number of hydroxylamine groups is 2. The molecule has 1 aromatic heterocycles. The van der Waals surface area contributed by atoms with Crippen LogP contribution >= 0.6 is 23.2 Å². The number of nitrogens with zero attached hydrogens (tertiary/aromatic N) is 5. The zero-order valence-corrected chi connectivity index (χ0v) is 25.8. The molecule has 1 unspecified atom stereocenters. The van der Waals surface area contributed by atoms with Crippen LogP contribution < -0.4 is 15.6 Å². The fourth-order valence-electron chi connectivity index (χ4n) is 5.05. The lowest BCUT2D eigenvalue weighted by Crippen LogP contribution is -2.58. The molecule has 4 aromatic rings. The van der Waals surface area contributed by atoms with Gasteiger partial charge in [0.05, 0.1) is 11.3 Å². The van der Waals surface area contributed by atoms with E-state index in [2.05, 4.69) is 20.8 Å². The van der Waals surface area contributed by atoms with E-state index in [0.717, 1.165) is 11.1 Å². The van der Waals surface area contributed by atoms with Crippen molar-refractivity contribution in [3.8, 4) is 0 Å². The van der Waals surface area contributed by atoms with Gasteiger partial charge in [-0.05, 0) is 62.4 Å². The zero-order chi connectivity index (χ0) is 32.1. The van der Waals surface area contributed by atoms with Gasteiger partial charge in [0.1, 0.15) is 6.54 Å². The van der Waals surface area contributed by atoms with Crippen LogP contribution in [0.3, 0.4) is 0 Å². The van der Waals surface area contributed by atoms with Crippen molar-refractivity contribution in [3.63, 3.8) is 0 Å². The van der Waals surface area contributed by atoms with Crippen molar-refractivity contribution in [2.24, 2.45) is 5.10 Å². The van der Waals surface area contributed by atoms with Gasteiger partial charge in [-0.25, -0.2) is 15.0 Å². The van der Waals surface area contributed by atoms with E-state index in [9.17, 15) is 19.6 Å². The van der Waals surface area contributed by atoms with Crippen molar-refractivity contribution in [2.75, 3.05) is 16.8 Å². The van der Waals surface area contributed by atoms with Crippen LogP contribution in [0.4, 0.5) is 21.0 Å². The Morgan fingerprint density at radius 3 is 2.24 bits per heavy atom. The molecule has 1 aliphatic heterocycles. The molecule has 0 aliphatic carbocycles. The van der Waals surface area contributed by atoms with Crippen LogP contribution in [0.2, 0.25) is 10.0 Å². The average Bonchev–Trinajstić information content (AvgIpc) is 3.22. The summed E-state index contributed by atoms with van der Waals surface area (Å²) in [5.41, 5.74) is 3.89. The molecule has 2 heterocycles. The molecule has 0 radical (unpaired) electrons. The number of nitrogens with one attached hydrogen (secondary N) is 2. The fraction of sp³-hybridized carbons (Fsp3) is 0.156. The first-order valence-electron chi connectivity index (χ1n) is 13.8. The first kappa shape index (κ1) is 31.5. The Morgan fingerprint density at radius 1 is 0.933 bits per heavy atom. The summed E-state index contributed by atoms with van der Waals surface area (Å²) in [6.07, 6.45) is 1.96. The van der Waals surface area contributed by atoms with Gasteiger partial charge in [0.15, 0.2) is 6.17 Å². The van der Waals surface area contributed by atoms with Gasteiger partial charge in [-0.15, -0.1) is 0 Å². The van der Waals surface area contributed by atoms with Gasteiger partial charge in [0, 0.05) is 44.9 Å². The third-order valence-electron chi connectivity index (χ3n) is 7.21. The minimum atomic E-state index is -1.30. The molecule has 13 heteroatoms. The van der Waals surface area contributed by atoms with Crippen molar-refractivity contribution in [3.05, 3.63) is 125 Å². The summed E-state index contributed by atoms with van der Waals surface area (Å²) < 4.78 is 0. The molecule has 5 amide bonds. The van der Waals surface area contributed by atoms with Crippen LogP contribution in [-0.4, -0.2) is 62.1 Å². The number of anilines is 2. The molecule has 3 aromatic carbocycles. The molecule has 1 fully saturated rings. The van der Waals surface area contributed by atoms with E-state index in [0.29, 0.717) is 32.2 Å². The number of pyridine rings is 1. The number of amides is 5. The Kier molecular flexibility index (Phi) is 9.33. The lowest BCUT2D eigenvalue weighted by Gasteiger charge is -2.38. The molecular formula is C32H29Cl2N7O4. The summed E-state index contributed by atoms with van der Waals surface area (Å²) in [4.78, 5) is 47.1. The Hall–Kier alpha value is -4.97. The smallest absolute Gasteiger partial charge is 0.306 e. The van der Waals surface area contributed by atoms with Crippen molar-refractivity contribution < 1.29 is 19.6 Å². The first-order chi connectivity index (χ1) is 21.6. The van der Waals surface area contributed by atoms with Gasteiger partial charge in [0.25, 0.3) is 5.91 Å². The number of carbonyl (C=O) groups excluding carboxylic acids is 3. The maximum Gasteiger partial charge on any atom is 0.347 e. The summed E-state index contributed by atoms with van der Waals surface area (Å²) in [7, 11) is 0. The second-order valence-electron chi connectivity index (χ2n) is 10.6. The minimum Gasteiger partial charge on any atom is -0.306 e. The summed E-state index contributed by atoms with van der Waals surface area (Å²) in [6, 6.07) is 24.1. The zero-order valence-electron chi connectivity index (χ0n) is 24.3. The van der Waals surface area contributed by atoms with Crippen molar-refractivity contribution in [1.82, 2.24) is 20.4 Å². The highest BCUT2D eigenvalue weighted by molar-refractivity contribution is 6.31. The van der Waals surface area contributed by atoms with Crippen LogP contribution in [0, 0.1) is 0 Å². The van der Waals surface area contributed by atoms with Gasteiger partial charge in [-0.3, -0.25) is 19.9 Å². The maximum absolute atomic E-state index is 14.0. The van der Waals surface area contributed by atoms with Gasteiger partial charge < -0.3 is 10.2 Å². The van der Waals surface area contributed by atoms with Crippen molar-refractivity contribution >= 4 is 58.3 Å². The van der Waals surface area contributed by atoms with Crippen LogP contribution in [0.5, 0.6) is 0 Å². The van der Waals surface area contributed by atoms with Gasteiger partial charge in [-0.2, -0.15) is 10.2 Å². The topological polar surface area (TPSA) is 130 Å². The third-order valence-corrected chi connectivity index (χ3v) is 7.68. The number of halogens is 2. The highest BCUT2D eigenvalue weighted by Gasteiger charge is 2.56. The molecule has 3 N–H and O–H groups in total. The molecule has 1 atom stereocenters. The summed E-state index contributed by atoms with van der Waals surface area (Å²) >= 11 is 12.3. The Morgan fingerprint density at radius 2 is 1.58 bits per heavy atom. The summed E-state index contributed by atoms with van der Waals surface area (Å²) in [5.74, 6) is -0.599. The predicted molar refractivity (Wildman–Crippen MR) is 172 cm³/mol. The van der Waals surface area contributed by atoms with Crippen LogP contribution in [0.15, 0.2) is 108 Å². The number of benzene rings is 3. The second kappa shape index (κ2) is 13.3. The fourth-order valence-corrected chi connectivity index (χ4v) is 5.43. The number of aromatic nitrogens is 1. The first-order valence-corrected chi connectivity index (χ1v) is 14.6. The monoisotopic (exact) mass is 645 g/mol. The summed E-state index contributed by atoms with van der Waals surface area (Å²) in [6.45, 7) is 2.84. The van der Waals surface area contributed by atoms with E-state index in [-0.39, 0.29) is 0 Å². The van der Waals surface area contributed by atoms with E-state index < -0.39 is 36.2 Å². The molecule has 1 aliphatic rings. The lowest BCUT2D eigenvalue weighted by molar-refractivity contribution is -0.124. The van der Waals surface area contributed by atoms with Gasteiger partial charge in [0.2, 0.25) is 0 Å². The van der Waals surface area contributed by atoms with E-state index >= 15 is 0 Å². The second-order valence-corrected chi connectivity index (χ2v) is 11.5. The van der Waals surface area contributed by atoms with Crippen LogP contribution in [0.1, 0.15) is 25.0 Å². The molecule has 0 saturated carbocycles. The predicted octanol–water partition coefficient (Wildman–Crippen LogP) is 6.23. The van der Waals surface area contributed by atoms with Gasteiger partial charge in [-0.1, -0.05) is 65.7 Å². The largest absolute Gasteiger partial charge is 0.347 e. The highest BCUT2D eigenvalue weighted by atomic mass is 35.5. The molecular weight excluding hydrogens is 617 g/mol. The van der Waals surface area contributed by atoms with E-state index in [1.807, 2.05) is 30.3 Å². The molecule has 45 heavy (non-hydrogen) atoms. The number of carbonyl (C=O) groups is 3. The Balaban J connectivity index is 1.43. The SMILES string of the molecule is CC1(C)C(N(O)C(=O)Nc2cccc(Cl)c2)N(c2cccc(Cl)c2)C(=O)N1CC(=O)N/N=C(/c1ccccc1)c1ccncc1. The van der Waals surface area contributed by atoms with E-state index in [1.165, 1.54) is 21.9 Å². The minimum absolute atomic E-state index is 0.310. The number of rotatable bonds is 8. The molecule has 5 rings (SSSR count). The molecule has 0 spiro atoms. The molecule has 1 saturated heterocycles. The quantitative estimate of drug-likeness (QED) is 0.119. The Bertz CT molecular complexity index is 1700.